The largest absolute Gasteiger partial charge is 0.480 e. The Hall–Kier alpha value is -2.39. The number of carbonyl (C=O) groups is 3. The van der Waals surface area contributed by atoms with Crippen LogP contribution in [0.2, 0.25) is 0 Å². The second-order valence-corrected chi connectivity index (χ2v) is 12.6. The Bertz CT molecular complexity index is 1240. The number of thioether (sulfide) groups is 1. The lowest BCUT2D eigenvalue weighted by atomic mass is 9.68. The lowest BCUT2D eigenvalue weighted by Gasteiger charge is -2.43. The first-order chi connectivity index (χ1) is 16.3. The van der Waals surface area contributed by atoms with Gasteiger partial charge in [-0.3, -0.25) is 19.3 Å². The number of carboxylic acids is 1. The Morgan fingerprint density at radius 2 is 1.79 bits per heavy atom. The molecule has 178 valence electrons. The van der Waals surface area contributed by atoms with Crippen molar-refractivity contribution in [2.45, 2.75) is 48.9 Å². The van der Waals surface area contributed by atoms with Crippen molar-refractivity contribution in [2.24, 2.45) is 35.5 Å². The van der Waals surface area contributed by atoms with Gasteiger partial charge in [0.15, 0.2) is 0 Å². The summed E-state index contributed by atoms with van der Waals surface area (Å²) in [6, 6.07) is 8.99. The third kappa shape index (κ3) is 3.02. The summed E-state index contributed by atoms with van der Waals surface area (Å²) in [5, 5.41) is 10.9. The number of thiazole rings is 1. The number of aliphatic carboxylic acids is 1. The molecule has 4 aliphatic rings. The predicted molar refractivity (Wildman–Crippen MR) is 128 cm³/mol. The molecule has 3 fully saturated rings. The first-order valence-electron chi connectivity index (χ1n) is 11.8. The summed E-state index contributed by atoms with van der Waals surface area (Å²) in [6.45, 7) is 3.81. The van der Waals surface area contributed by atoms with Crippen molar-refractivity contribution < 1.29 is 19.5 Å². The van der Waals surface area contributed by atoms with Crippen LogP contribution in [0.1, 0.15) is 43.0 Å². The summed E-state index contributed by atoms with van der Waals surface area (Å²) in [5.74, 6) is -2.48. The topological polar surface area (TPSA) is 108 Å². The number of nitrogens with zero attached hydrogens (tertiary/aromatic N) is 1. The predicted octanol–water partition coefficient (Wildman–Crippen LogP) is 3.41. The first-order valence-corrected chi connectivity index (χ1v) is 13.5. The van der Waals surface area contributed by atoms with E-state index in [1.54, 1.807) is 11.8 Å². The summed E-state index contributed by atoms with van der Waals surface area (Å²) < 4.78 is 0. The zero-order valence-electron chi connectivity index (χ0n) is 18.8. The number of fused-ring (bicyclic) bond motifs is 9. The maximum Gasteiger partial charge on any atom is 0.326 e. The molecule has 1 aromatic heterocycles. The van der Waals surface area contributed by atoms with Crippen molar-refractivity contribution in [2.75, 3.05) is 0 Å². The van der Waals surface area contributed by atoms with E-state index in [1.807, 2.05) is 32.0 Å². The first kappa shape index (κ1) is 22.1. The Balaban J connectivity index is 1.42. The van der Waals surface area contributed by atoms with Gasteiger partial charge in [-0.15, -0.1) is 11.8 Å². The van der Waals surface area contributed by atoms with Gasteiger partial charge >= 0.3 is 10.8 Å². The van der Waals surface area contributed by atoms with Crippen LogP contribution in [0.4, 0.5) is 0 Å². The molecule has 0 spiro atoms. The van der Waals surface area contributed by atoms with Gasteiger partial charge in [0.25, 0.3) is 0 Å². The highest BCUT2D eigenvalue weighted by Crippen LogP contribution is 2.68. The molecule has 9 heteroatoms. The van der Waals surface area contributed by atoms with Crippen LogP contribution in [-0.4, -0.2) is 44.1 Å². The van der Waals surface area contributed by atoms with Crippen molar-refractivity contribution in [1.82, 2.24) is 9.88 Å². The van der Waals surface area contributed by atoms with Gasteiger partial charge in [-0.1, -0.05) is 55.5 Å². The summed E-state index contributed by atoms with van der Waals surface area (Å²) in [6.07, 6.45) is 1.06. The van der Waals surface area contributed by atoms with Crippen LogP contribution in [0.25, 0.3) is 0 Å². The fourth-order valence-electron chi connectivity index (χ4n) is 7.14. The molecular formula is C25H26N2O5S2. The molecule has 1 saturated heterocycles. The molecule has 8 atom stereocenters. The van der Waals surface area contributed by atoms with Gasteiger partial charge in [0.1, 0.15) is 6.04 Å². The monoisotopic (exact) mass is 498 g/mol. The maximum atomic E-state index is 13.7. The van der Waals surface area contributed by atoms with E-state index < -0.39 is 23.8 Å². The van der Waals surface area contributed by atoms with E-state index >= 15 is 0 Å². The smallest absolute Gasteiger partial charge is 0.326 e. The maximum absolute atomic E-state index is 13.7. The minimum absolute atomic E-state index is 0.00185. The second kappa shape index (κ2) is 7.81. The summed E-state index contributed by atoms with van der Waals surface area (Å²) in [7, 11) is 0. The molecule has 2 aliphatic carbocycles. The number of hydrogen-bond acceptors (Lipinski definition) is 6. The number of aromatic nitrogens is 1. The molecule has 7 nitrogen and oxygen atoms in total. The minimum Gasteiger partial charge on any atom is -0.480 e. The fraction of sp³-hybridized carbons (Fsp3) is 0.520. The SMILES string of the molecule is CC(C)C[C@@H](C(=O)O)N1C(=O)[C@@H]2[C@@H]3C[C@H]([C@H]4Sc5[nH]c(=O)sc5[C@@H](c5ccccc5)[C@H]34)[C@@H]2C1=O. The number of amides is 2. The van der Waals surface area contributed by atoms with Gasteiger partial charge in [-0.25, -0.2) is 4.79 Å². The van der Waals surface area contributed by atoms with Crippen molar-refractivity contribution in [3.8, 4) is 0 Å². The number of aromatic amines is 1. The number of carbonyl (C=O) groups excluding carboxylic acids is 2. The van der Waals surface area contributed by atoms with Gasteiger partial charge in [0.2, 0.25) is 11.8 Å². The number of benzene rings is 1. The molecule has 0 radical (unpaired) electrons. The molecule has 2 aliphatic heterocycles. The highest BCUT2D eigenvalue weighted by atomic mass is 32.2. The normalized spacial score (nSPS) is 34.3. The molecule has 2 aromatic rings. The van der Waals surface area contributed by atoms with Crippen molar-refractivity contribution in [1.29, 1.82) is 0 Å². The number of rotatable bonds is 5. The average Bonchev–Trinajstić information content (AvgIpc) is 3.51. The van der Waals surface area contributed by atoms with Crippen LogP contribution in [0.3, 0.4) is 0 Å². The summed E-state index contributed by atoms with van der Waals surface area (Å²) >= 11 is 2.89. The Labute approximate surface area is 204 Å². The molecule has 2 saturated carbocycles. The van der Waals surface area contributed by atoms with E-state index in [4.69, 9.17) is 0 Å². The van der Waals surface area contributed by atoms with Crippen LogP contribution in [0.5, 0.6) is 0 Å². The molecular weight excluding hydrogens is 472 g/mol. The lowest BCUT2D eigenvalue weighted by molar-refractivity contribution is -0.156. The number of carboxylic acid groups (broad SMARTS) is 1. The van der Waals surface area contributed by atoms with E-state index in [-0.39, 0.29) is 57.9 Å². The number of likely N-dealkylation sites (tertiary alicyclic amines) is 1. The molecule has 6 rings (SSSR count). The number of imide groups is 1. The molecule has 3 heterocycles. The van der Waals surface area contributed by atoms with E-state index in [9.17, 15) is 24.3 Å². The highest BCUT2D eigenvalue weighted by Gasteiger charge is 2.70. The van der Waals surface area contributed by atoms with E-state index in [0.29, 0.717) is 0 Å². The molecule has 2 bridgehead atoms. The zero-order valence-corrected chi connectivity index (χ0v) is 20.5. The molecule has 0 unspecified atom stereocenters. The average molecular weight is 499 g/mol. The van der Waals surface area contributed by atoms with Crippen LogP contribution in [0.15, 0.2) is 40.2 Å². The minimum atomic E-state index is -1.11. The molecule has 34 heavy (non-hydrogen) atoms. The van der Waals surface area contributed by atoms with Gasteiger partial charge in [-0.2, -0.15) is 0 Å². The number of hydrogen-bond donors (Lipinski definition) is 2. The standard InChI is InChI=1S/C25H26N2O5S2/c1-10(2)8-14(24(30)31)27-22(28)17-12-9-13(18(17)23(27)29)19-16(12)15(11-6-4-3-5-7-11)20-21(33-19)26-25(32)34-20/h3-7,10,12-19H,8-9H2,1-2H3,(H,26,32)(H,30,31)/t12-,13+,14+,15+,16+,17-,18+,19-/m1/s1. The lowest BCUT2D eigenvalue weighted by Crippen LogP contribution is -2.47. The fourth-order valence-corrected chi connectivity index (χ4v) is 10.0. The highest BCUT2D eigenvalue weighted by molar-refractivity contribution is 8.00. The molecule has 2 N–H and O–H groups in total. The van der Waals surface area contributed by atoms with Crippen LogP contribution < -0.4 is 4.87 Å². The Morgan fingerprint density at radius 3 is 2.44 bits per heavy atom. The quantitative estimate of drug-likeness (QED) is 0.612. The number of H-pyrrole nitrogens is 1. The zero-order chi connectivity index (χ0) is 23.9. The van der Waals surface area contributed by atoms with Gasteiger partial charge in [-0.05, 0) is 42.1 Å². The van der Waals surface area contributed by atoms with Crippen LogP contribution in [0, 0.1) is 35.5 Å². The summed E-state index contributed by atoms with van der Waals surface area (Å²) in [4.78, 5) is 56.6. The third-order valence-corrected chi connectivity index (χ3v) is 10.8. The van der Waals surface area contributed by atoms with Crippen LogP contribution >= 0.6 is 23.1 Å². The number of nitrogens with one attached hydrogen (secondary N) is 1. The van der Waals surface area contributed by atoms with Crippen molar-refractivity contribution in [3.63, 3.8) is 0 Å². The summed E-state index contributed by atoms with van der Waals surface area (Å²) in [5.41, 5.74) is 1.12. The van der Waals surface area contributed by atoms with Crippen molar-refractivity contribution in [3.05, 3.63) is 50.4 Å². The van der Waals surface area contributed by atoms with Gasteiger partial charge in [0, 0.05) is 16.0 Å². The molecule has 1 aromatic carbocycles. The third-order valence-electron chi connectivity index (χ3n) is 8.21. The van der Waals surface area contributed by atoms with E-state index in [1.165, 1.54) is 11.3 Å². The molecule has 2 amide bonds. The Morgan fingerprint density at radius 1 is 1.12 bits per heavy atom. The van der Waals surface area contributed by atoms with Gasteiger partial charge in [0.05, 0.1) is 16.9 Å². The second-order valence-electron chi connectivity index (χ2n) is 10.4. The van der Waals surface area contributed by atoms with Gasteiger partial charge < -0.3 is 10.1 Å². The van der Waals surface area contributed by atoms with E-state index in [0.717, 1.165) is 26.8 Å². The van der Waals surface area contributed by atoms with Crippen LogP contribution in [-0.2, 0) is 14.4 Å². The van der Waals surface area contributed by atoms with Crippen molar-refractivity contribution >= 4 is 40.9 Å². The Kier molecular flexibility index (Phi) is 5.08. The van der Waals surface area contributed by atoms with E-state index in [2.05, 4.69) is 17.1 Å².